The number of rotatable bonds is 6. The van der Waals surface area contributed by atoms with Crippen LogP contribution >= 0.6 is 57.6 Å². The van der Waals surface area contributed by atoms with Gasteiger partial charge in [-0.1, -0.05) is 41.4 Å². The van der Waals surface area contributed by atoms with Crippen LogP contribution in [0.25, 0.3) is 0 Å². The summed E-state index contributed by atoms with van der Waals surface area (Å²) in [6.07, 6.45) is 0. The van der Waals surface area contributed by atoms with E-state index in [-0.39, 0.29) is 11.7 Å². The van der Waals surface area contributed by atoms with Crippen LogP contribution < -0.4 is 5.43 Å². The van der Waals surface area contributed by atoms with Gasteiger partial charge in [0.05, 0.1) is 11.5 Å². The number of nitrogens with zero attached hydrogens (tertiary/aromatic N) is 1. The van der Waals surface area contributed by atoms with Crippen LogP contribution in [0.4, 0.5) is 0 Å². The second-order valence-corrected chi connectivity index (χ2v) is 7.98. The lowest BCUT2D eigenvalue weighted by molar-refractivity contribution is -0.118. The normalized spacial score (nSPS) is 11.4. The van der Waals surface area contributed by atoms with E-state index in [1.807, 2.05) is 31.2 Å². The molecule has 0 aromatic heterocycles. The molecule has 1 N–H and O–H groups in total. The van der Waals surface area contributed by atoms with Crippen molar-refractivity contribution in [2.75, 3.05) is 5.75 Å². The zero-order valence-corrected chi connectivity index (χ0v) is 17.3. The standard InChI is InChI=1S/C17H15Cl2IN2OS/c1-11(12-4-2-5-13(20)8-12)21-22-17(23)10-24-9-14-15(18)6-3-7-16(14)19/h2-8H,9-10H2,1H3,(H,22,23)/b21-11-. The van der Waals surface area contributed by atoms with Crippen LogP contribution in [-0.4, -0.2) is 17.4 Å². The van der Waals surface area contributed by atoms with Gasteiger partial charge < -0.3 is 0 Å². The molecule has 2 rings (SSSR count). The van der Waals surface area contributed by atoms with E-state index in [0.29, 0.717) is 15.8 Å². The van der Waals surface area contributed by atoms with E-state index in [0.717, 1.165) is 20.4 Å². The minimum Gasteiger partial charge on any atom is -0.272 e. The van der Waals surface area contributed by atoms with E-state index in [9.17, 15) is 4.79 Å². The molecule has 0 saturated heterocycles. The van der Waals surface area contributed by atoms with Crippen molar-refractivity contribution in [2.24, 2.45) is 5.10 Å². The largest absolute Gasteiger partial charge is 0.272 e. The van der Waals surface area contributed by atoms with Crippen molar-refractivity contribution >= 4 is 69.2 Å². The summed E-state index contributed by atoms with van der Waals surface area (Å²) in [5.74, 6) is 0.698. The molecule has 0 saturated carbocycles. The Kier molecular flexibility index (Phi) is 7.87. The molecular formula is C17H15Cl2IN2OS. The average Bonchev–Trinajstić information content (AvgIpc) is 2.55. The van der Waals surface area contributed by atoms with Crippen molar-refractivity contribution in [3.63, 3.8) is 0 Å². The summed E-state index contributed by atoms with van der Waals surface area (Å²) in [6, 6.07) is 13.3. The van der Waals surface area contributed by atoms with E-state index in [1.165, 1.54) is 11.8 Å². The number of thioether (sulfide) groups is 1. The smallest absolute Gasteiger partial charge is 0.250 e. The number of halogens is 3. The lowest BCUT2D eigenvalue weighted by atomic mass is 10.1. The summed E-state index contributed by atoms with van der Waals surface area (Å²) >= 11 is 15.9. The molecule has 7 heteroatoms. The van der Waals surface area contributed by atoms with E-state index < -0.39 is 0 Å². The fourth-order valence-electron chi connectivity index (χ4n) is 1.87. The molecular weight excluding hydrogens is 478 g/mol. The van der Waals surface area contributed by atoms with Crippen LogP contribution in [0.3, 0.4) is 0 Å². The molecule has 0 unspecified atom stereocenters. The van der Waals surface area contributed by atoms with Gasteiger partial charge in [-0.2, -0.15) is 5.10 Å². The third-order valence-corrected chi connectivity index (χ3v) is 5.47. The Morgan fingerprint density at radius 1 is 1.21 bits per heavy atom. The molecule has 24 heavy (non-hydrogen) atoms. The molecule has 1 amide bonds. The lowest BCUT2D eigenvalue weighted by Gasteiger charge is -2.06. The summed E-state index contributed by atoms with van der Waals surface area (Å²) in [7, 11) is 0. The van der Waals surface area contributed by atoms with Crippen LogP contribution in [0.1, 0.15) is 18.1 Å². The second kappa shape index (κ2) is 9.65. The van der Waals surface area contributed by atoms with Crippen molar-refractivity contribution in [1.29, 1.82) is 0 Å². The molecule has 0 aliphatic rings. The molecule has 0 bridgehead atoms. The number of amides is 1. The first kappa shape index (κ1) is 19.6. The SMILES string of the molecule is C/C(=N/NC(=O)CSCc1c(Cl)cccc1Cl)c1cccc(I)c1. The van der Waals surface area contributed by atoms with Crippen molar-refractivity contribution in [3.05, 3.63) is 67.2 Å². The van der Waals surface area contributed by atoms with E-state index >= 15 is 0 Å². The fraction of sp³-hybridized carbons (Fsp3) is 0.176. The van der Waals surface area contributed by atoms with Gasteiger partial charge in [0.15, 0.2) is 0 Å². The number of benzene rings is 2. The molecule has 0 aliphatic carbocycles. The summed E-state index contributed by atoms with van der Waals surface area (Å²) in [5.41, 5.74) is 5.17. The maximum absolute atomic E-state index is 11.9. The van der Waals surface area contributed by atoms with Crippen LogP contribution in [0.2, 0.25) is 10.0 Å². The minimum atomic E-state index is -0.159. The zero-order valence-electron chi connectivity index (χ0n) is 12.9. The summed E-state index contributed by atoms with van der Waals surface area (Å²) < 4.78 is 1.12. The van der Waals surface area contributed by atoms with Gasteiger partial charge in [0.2, 0.25) is 5.91 Å². The van der Waals surface area contributed by atoms with Crippen molar-refractivity contribution < 1.29 is 4.79 Å². The number of carbonyl (C=O) groups is 1. The van der Waals surface area contributed by atoms with Gasteiger partial charge in [-0.25, -0.2) is 5.43 Å². The third kappa shape index (κ3) is 5.95. The zero-order chi connectivity index (χ0) is 17.5. The number of hydrogen-bond acceptors (Lipinski definition) is 3. The number of carbonyl (C=O) groups excluding carboxylic acids is 1. The van der Waals surface area contributed by atoms with Crippen molar-refractivity contribution in [3.8, 4) is 0 Å². The van der Waals surface area contributed by atoms with Gasteiger partial charge in [0.1, 0.15) is 0 Å². The summed E-state index contributed by atoms with van der Waals surface area (Å²) in [6.45, 7) is 1.86. The van der Waals surface area contributed by atoms with Crippen LogP contribution in [0.5, 0.6) is 0 Å². The first-order valence-electron chi connectivity index (χ1n) is 7.07. The Balaban J connectivity index is 1.84. The first-order chi connectivity index (χ1) is 11.5. The molecule has 0 heterocycles. The number of nitrogens with one attached hydrogen (secondary N) is 1. The lowest BCUT2D eigenvalue weighted by Crippen LogP contribution is -2.21. The van der Waals surface area contributed by atoms with Crippen LogP contribution in [0.15, 0.2) is 47.6 Å². The Hall–Kier alpha value is -0.760. The first-order valence-corrected chi connectivity index (χ1v) is 10.1. The predicted molar refractivity (Wildman–Crippen MR) is 112 cm³/mol. The van der Waals surface area contributed by atoms with Crippen molar-refractivity contribution in [2.45, 2.75) is 12.7 Å². The monoisotopic (exact) mass is 492 g/mol. The van der Waals surface area contributed by atoms with Crippen LogP contribution in [-0.2, 0) is 10.5 Å². The molecule has 0 atom stereocenters. The molecule has 2 aromatic carbocycles. The summed E-state index contributed by atoms with van der Waals surface area (Å²) in [5, 5.41) is 5.37. The highest BCUT2D eigenvalue weighted by Gasteiger charge is 2.07. The topological polar surface area (TPSA) is 41.5 Å². The Morgan fingerprint density at radius 3 is 2.54 bits per heavy atom. The van der Waals surface area contributed by atoms with Crippen molar-refractivity contribution in [1.82, 2.24) is 5.43 Å². The van der Waals surface area contributed by atoms with E-state index in [4.69, 9.17) is 23.2 Å². The fourth-order valence-corrected chi connectivity index (χ4v) is 3.97. The number of hydrazone groups is 1. The Bertz CT molecular complexity index is 748. The molecule has 0 radical (unpaired) electrons. The molecule has 0 aliphatic heterocycles. The number of hydrogen-bond donors (Lipinski definition) is 1. The molecule has 0 fully saturated rings. The van der Waals surface area contributed by atoms with Gasteiger partial charge in [-0.05, 0) is 64.9 Å². The Morgan fingerprint density at radius 2 is 1.88 bits per heavy atom. The maximum atomic E-state index is 11.9. The van der Waals surface area contributed by atoms with Gasteiger partial charge in [0.25, 0.3) is 0 Å². The van der Waals surface area contributed by atoms with Gasteiger partial charge in [-0.3, -0.25) is 4.79 Å². The Labute approximate surface area is 169 Å². The quantitative estimate of drug-likeness (QED) is 0.334. The molecule has 2 aromatic rings. The molecule has 3 nitrogen and oxygen atoms in total. The predicted octanol–water partition coefficient (Wildman–Crippen LogP) is 5.37. The highest BCUT2D eigenvalue weighted by atomic mass is 127. The molecule has 126 valence electrons. The van der Waals surface area contributed by atoms with E-state index in [1.54, 1.807) is 18.2 Å². The van der Waals surface area contributed by atoms with Crippen LogP contribution in [0, 0.1) is 3.57 Å². The molecule has 0 spiro atoms. The minimum absolute atomic E-state index is 0.159. The van der Waals surface area contributed by atoms with Gasteiger partial charge in [-0.15, -0.1) is 11.8 Å². The highest BCUT2D eigenvalue weighted by molar-refractivity contribution is 14.1. The highest BCUT2D eigenvalue weighted by Crippen LogP contribution is 2.28. The summed E-state index contributed by atoms with van der Waals surface area (Å²) in [4.78, 5) is 11.9. The maximum Gasteiger partial charge on any atom is 0.250 e. The van der Waals surface area contributed by atoms with Gasteiger partial charge in [0, 0.05) is 19.4 Å². The van der Waals surface area contributed by atoms with Gasteiger partial charge >= 0.3 is 0 Å². The second-order valence-electron chi connectivity index (χ2n) is 4.94. The average molecular weight is 493 g/mol. The third-order valence-electron chi connectivity index (χ3n) is 3.13. The van der Waals surface area contributed by atoms with E-state index in [2.05, 4.69) is 33.1 Å².